The van der Waals surface area contributed by atoms with Gasteiger partial charge in [0.1, 0.15) is 6.54 Å². The molecule has 2 N–H and O–H groups in total. The second-order valence-electron chi connectivity index (χ2n) is 6.76. The Morgan fingerprint density at radius 1 is 1.00 bits per heavy atom. The monoisotopic (exact) mass is 482 g/mol. The highest BCUT2D eigenvalue weighted by Gasteiger charge is 2.33. The largest absolute Gasteiger partial charge is 0.478 e. The van der Waals surface area contributed by atoms with E-state index >= 15 is 0 Å². The molecule has 1 amide bonds. The lowest BCUT2D eigenvalue weighted by atomic mass is 10.1. The first-order chi connectivity index (χ1) is 16.2. The fraction of sp³-hybridized carbons (Fsp3) is 0.0455. The number of benzene rings is 3. The van der Waals surface area contributed by atoms with Gasteiger partial charge in [0.2, 0.25) is 0 Å². The molecule has 0 unspecified atom stereocenters. The Bertz CT molecular complexity index is 1360. The first-order valence-corrected chi connectivity index (χ1v) is 11.1. The summed E-state index contributed by atoms with van der Waals surface area (Å²) in [6.45, 7) is -0.740. The van der Waals surface area contributed by atoms with Gasteiger partial charge in [-0.2, -0.15) is 5.10 Å². The molecule has 0 saturated carbocycles. The Balaban J connectivity index is 1.89. The van der Waals surface area contributed by atoms with Crippen LogP contribution in [-0.4, -0.2) is 43.1 Å². The number of carbonyl (C=O) groups excluding carboxylic acids is 1. The van der Waals surface area contributed by atoms with Crippen LogP contribution in [0.5, 0.6) is 0 Å². The molecule has 3 aromatic carbocycles. The molecule has 0 radical (unpaired) electrons. The third-order valence-electron chi connectivity index (χ3n) is 4.55. The van der Waals surface area contributed by atoms with Gasteiger partial charge in [0.05, 0.1) is 22.4 Å². The molecule has 174 valence electrons. The molecule has 0 aliphatic heterocycles. The Morgan fingerprint density at radius 2 is 1.62 bits per heavy atom. The molecule has 0 aliphatic rings. The van der Waals surface area contributed by atoms with E-state index in [4.69, 9.17) is 0 Å². The predicted octanol–water partition coefficient (Wildman–Crippen LogP) is 2.64. The summed E-state index contributed by atoms with van der Waals surface area (Å²) in [6, 6.07) is 18.4. The topological polar surface area (TPSA) is 159 Å². The van der Waals surface area contributed by atoms with E-state index in [-0.39, 0.29) is 16.8 Å². The molecular formula is C22H18N4O7S. The number of aromatic carboxylic acids is 1. The van der Waals surface area contributed by atoms with Gasteiger partial charge in [0.15, 0.2) is 4.90 Å². The second kappa shape index (κ2) is 10.4. The zero-order valence-corrected chi connectivity index (χ0v) is 18.3. The highest BCUT2D eigenvalue weighted by Crippen LogP contribution is 2.29. The lowest BCUT2D eigenvalue weighted by molar-refractivity contribution is -0.387. The number of amides is 1. The number of carboxylic acid groups (broad SMARTS) is 1. The number of hydrazone groups is 1. The summed E-state index contributed by atoms with van der Waals surface area (Å²) in [7, 11) is -4.52. The maximum absolute atomic E-state index is 13.3. The summed E-state index contributed by atoms with van der Waals surface area (Å²) < 4.78 is 27.4. The number of nitrogens with one attached hydrogen (secondary N) is 1. The van der Waals surface area contributed by atoms with E-state index in [9.17, 15) is 33.2 Å². The number of anilines is 1. The van der Waals surface area contributed by atoms with Crippen LogP contribution >= 0.6 is 0 Å². The number of carbonyl (C=O) groups is 2. The molecule has 3 aromatic rings. The fourth-order valence-electron chi connectivity index (χ4n) is 3.00. The maximum atomic E-state index is 13.3. The quantitative estimate of drug-likeness (QED) is 0.269. The predicted molar refractivity (Wildman–Crippen MR) is 123 cm³/mol. The molecule has 0 bridgehead atoms. The molecule has 3 rings (SSSR count). The van der Waals surface area contributed by atoms with Crippen LogP contribution in [0.3, 0.4) is 0 Å². The van der Waals surface area contributed by atoms with Crippen LogP contribution in [0, 0.1) is 10.1 Å². The summed E-state index contributed by atoms with van der Waals surface area (Å²) in [6.07, 6.45) is 1.12. The lowest BCUT2D eigenvalue weighted by Gasteiger charge is -2.23. The van der Waals surface area contributed by atoms with E-state index in [0.717, 1.165) is 22.7 Å². The number of para-hydroxylation sites is 2. The molecular weight excluding hydrogens is 464 g/mol. The smallest absolute Gasteiger partial charge is 0.336 e. The minimum Gasteiger partial charge on any atom is -0.478 e. The number of nitrogens with zero attached hydrogens (tertiary/aromatic N) is 3. The number of nitro groups is 1. The maximum Gasteiger partial charge on any atom is 0.336 e. The van der Waals surface area contributed by atoms with E-state index in [1.54, 1.807) is 24.3 Å². The highest BCUT2D eigenvalue weighted by molar-refractivity contribution is 7.93. The zero-order valence-electron chi connectivity index (χ0n) is 17.4. The van der Waals surface area contributed by atoms with E-state index in [0.29, 0.717) is 0 Å². The molecule has 0 aliphatic carbocycles. The minimum atomic E-state index is -4.52. The Kier molecular flexibility index (Phi) is 7.33. The average Bonchev–Trinajstić information content (AvgIpc) is 2.83. The highest BCUT2D eigenvalue weighted by atomic mass is 32.2. The number of hydrogen-bond donors (Lipinski definition) is 2. The Morgan fingerprint density at radius 3 is 2.29 bits per heavy atom. The molecule has 0 heterocycles. The normalized spacial score (nSPS) is 11.2. The molecule has 0 fully saturated rings. The molecule has 11 nitrogen and oxygen atoms in total. The van der Waals surface area contributed by atoms with Gasteiger partial charge in [-0.05, 0) is 24.3 Å². The zero-order chi connectivity index (χ0) is 24.7. The average molecular weight is 482 g/mol. The van der Waals surface area contributed by atoms with Gasteiger partial charge in [0.25, 0.3) is 21.6 Å². The van der Waals surface area contributed by atoms with E-state index in [1.165, 1.54) is 42.5 Å². The van der Waals surface area contributed by atoms with Crippen molar-refractivity contribution in [2.45, 2.75) is 4.90 Å². The van der Waals surface area contributed by atoms with Crippen molar-refractivity contribution >= 4 is 39.5 Å². The number of sulfonamides is 1. The molecule has 12 heteroatoms. The van der Waals surface area contributed by atoms with Crippen molar-refractivity contribution in [3.63, 3.8) is 0 Å². The first kappa shape index (κ1) is 24.1. The summed E-state index contributed by atoms with van der Waals surface area (Å²) >= 11 is 0. The van der Waals surface area contributed by atoms with E-state index in [2.05, 4.69) is 10.5 Å². The fourth-order valence-corrected chi connectivity index (χ4v) is 4.58. The van der Waals surface area contributed by atoms with Crippen LogP contribution in [0.1, 0.15) is 15.9 Å². The van der Waals surface area contributed by atoms with Crippen LogP contribution < -0.4 is 9.73 Å². The van der Waals surface area contributed by atoms with Crippen molar-refractivity contribution < 1.29 is 28.0 Å². The summed E-state index contributed by atoms with van der Waals surface area (Å²) in [5.41, 5.74) is 1.82. The van der Waals surface area contributed by atoms with Gasteiger partial charge in [-0.1, -0.05) is 48.5 Å². The van der Waals surface area contributed by atoms with Gasteiger partial charge in [-0.3, -0.25) is 19.2 Å². The van der Waals surface area contributed by atoms with E-state index < -0.39 is 44.0 Å². The van der Waals surface area contributed by atoms with Crippen molar-refractivity contribution in [2.24, 2.45) is 5.10 Å². The number of carboxylic acids is 1. The van der Waals surface area contributed by atoms with Crippen molar-refractivity contribution in [1.82, 2.24) is 5.43 Å². The number of rotatable bonds is 9. The van der Waals surface area contributed by atoms with Crippen LogP contribution in [0.15, 0.2) is 88.9 Å². The van der Waals surface area contributed by atoms with Gasteiger partial charge in [-0.15, -0.1) is 0 Å². The van der Waals surface area contributed by atoms with Gasteiger partial charge >= 0.3 is 5.97 Å². The van der Waals surface area contributed by atoms with E-state index in [1.807, 2.05) is 0 Å². The summed E-state index contributed by atoms with van der Waals surface area (Å²) in [4.78, 5) is 33.8. The summed E-state index contributed by atoms with van der Waals surface area (Å²) in [5, 5.41) is 24.3. The number of hydrogen-bond acceptors (Lipinski definition) is 7. The third-order valence-corrected chi connectivity index (χ3v) is 6.37. The standard InChI is InChI=1S/C22H18N4O7S/c27-21(24-23-14-16-8-4-5-11-18(16)22(28)29)15-25(17-9-2-1-3-10-17)34(32,33)20-13-7-6-12-19(20)26(30)31/h1-14H,15H2,(H,24,27)(H,28,29)/b23-14+. The van der Waals surface area contributed by atoms with Crippen LogP contribution in [0.2, 0.25) is 0 Å². The van der Waals surface area contributed by atoms with Crippen LogP contribution in [0.4, 0.5) is 11.4 Å². The lowest BCUT2D eigenvalue weighted by Crippen LogP contribution is -2.39. The summed E-state index contributed by atoms with van der Waals surface area (Å²) in [5.74, 6) is -2.03. The molecule has 0 aromatic heterocycles. The Labute approximate surface area is 194 Å². The van der Waals surface area contributed by atoms with Crippen molar-refractivity contribution in [1.29, 1.82) is 0 Å². The van der Waals surface area contributed by atoms with Crippen molar-refractivity contribution in [3.05, 3.63) is 100 Å². The Hall–Kier alpha value is -4.58. The van der Waals surface area contributed by atoms with Gasteiger partial charge in [0, 0.05) is 11.6 Å². The SMILES string of the molecule is O=C(CN(c1ccccc1)S(=O)(=O)c1ccccc1[N+](=O)[O-])N/N=C/c1ccccc1C(=O)O. The number of nitro benzene ring substituents is 1. The minimum absolute atomic E-state index is 0.0367. The van der Waals surface area contributed by atoms with Gasteiger partial charge < -0.3 is 5.11 Å². The van der Waals surface area contributed by atoms with Crippen LogP contribution in [-0.2, 0) is 14.8 Å². The van der Waals surface area contributed by atoms with Gasteiger partial charge in [-0.25, -0.2) is 18.6 Å². The van der Waals surface area contributed by atoms with Crippen LogP contribution in [0.25, 0.3) is 0 Å². The van der Waals surface area contributed by atoms with Crippen molar-refractivity contribution in [3.8, 4) is 0 Å². The van der Waals surface area contributed by atoms with Crippen molar-refractivity contribution in [2.75, 3.05) is 10.8 Å². The molecule has 0 atom stereocenters. The third kappa shape index (κ3) is 5.42. The molecule has 34 heavy (non-hydrogen) atoms. The first-order valence-electron chi connectivity index (χ1n) is 9.67. The second-order valence-corrected chi connectivity index (χ2v) is 8.59. The molecule has 0 saturated heterocycles. The molecule has 0 spiro atoms.